The molecule has 1 aromatic rings. The monoisotopic (exact) mass is 141 g/mol. The topological polar surface area (TPSA) is 22.1 Å². The molecule has 0 fully saturated rings. The molecule has 0 aliphatic rings. The summed E-state index contributed by atoms with van der Waals surface area (Å²) >= 11 is 0. The summed E-state index contributed by atoms with van der Waals surface area (Å²) in [6, 6.07) is 3.32. The molecule has 0 aliphatic carbocycles. The van der Waals surface area contributed by atoms with Gasteiger partial charge in [0.1, 0.15) is 0 Å². The van der Waals surface area contributed by atoms with E-state index in [4.69, 9.17) is 4.74 Å². The van der Waals surface area contributed by atoms with Crippen molar-refractivity contribution >= 4 is 0 Å². The fraction of sp³-hybridized carbons (Fsp3) is 0.286. The van der Waals surface area contributed by atoms with Gasteiger partial charge >= 0.3 is 0 Å². The third-order valence-electron chi connectivity index (χ3n) is 1.14. The van der Waals surface area contributed by atoms with Crippen LogP contribution in [0.5, 0.6) is 0 Å². The van der Waals surface area contributed by atoms with Gasteiger partial charge in [-0.05, 0) is 6.07 Å². The van der Waals surface area contributed by atoms with Crippen LogP contribution in [0.3, 0.4) is 0 Å². The summed E-state index contributed by atoms with van der Waals surface area (Å²) in [4.78, 5) is 3.45. The Morgan fingerprint density at radius 1 is 1.70 bits per heavy atom. The number of ether oxygens (including phenoxy) is 1. The van der Waals surface area contributed by atoms with Crippen LogP contribution in [0, 0.1) is 5.95 Å². The van der Waals surface area contributed by atoms with Gasteiger partial charge in [-0.3, -0.25) is 0 Å². The predicted octanol–water partition coefficient (Wildman–Crippen LogP) is 1.37. The molecule has 1 aromatic heterocycles. The first-order valence-corrected chi connectivity index (χ1v) is 2.93. The third kappa shape index (κ3) is 1.51. The summed E-state index contributed by atoms with van der Waals surface area (Å²) in [7, 11) is 1.52. The van der Waals surface area contributed by atoms with Gasteiger partial charge in [-0.2, -0.15) is 4.39 Å². The van der Waals surface area contributed by atoms with Gasteiger partial charge in [0, 0.05) is 18.9 Å². The number of rotatable bonds is 2. The Kier molecular flexibility index (Phi) is 2.34. The maximum Gasteiger partial charge on any atom is 0.218 e. The number of pyridine rings is 1. The molecule has 0 bridgehead atoms. The van der Waals surface area contributed by atoms with Crippen molar-refractivity contribution in [2.24, 2.45) is 0 Å². The lowest BCUT2D eigenvalue weighted by Gasteiger charge is -1.97. The maximum absolute atomic E-state index is 12.6. The first kappa shape index (κ1) is 7.15. The average Bonchev–Trinajstić information content (AvgIpc) is 1.94. The van der Waals surface area contributed by atoms with Crippen LogP contribution in [0.4, 0.5) is 4.39 Å². The van der Waals surface area contributed by atoms with E-state index in [-0.39, 0.29) is 6.61 Å². The Bertz CT molecular complexity index is 215. The summed E-state index contributed by atoms with van der Waals surface area (Å²) < 4.78 is 17.3. The maximum atomic E-state index is 12.6. The standard InChI is InChI=1S/C7H8FNO/c1-10-5-6-3-2-4-9-7(6)8/h2-4H,5H2,1H3. The summed E-state index contributed by atoms with van der Waals surface area (Å²) in [6.45, 7) is 0.277. The Hall–Kier alpha value is -0.960. The number of methoxy groups -OCH3 is 1. The highest BCUT2D eigenvalue weighted by molar-refractivity contribution is 5.08. The average molecular weight is 141 g/mol. The molecule has 10 heavy (non-hydrogen) atoms. The summed E-state index contributed by atoms with van der Waals surface area (Å²) in [5.41, 5.74) is 0.491. The molecule has 0 N–H and O–H groups in total. The minimum Gasteiger partial charge on any atom is -0.380 e. The minimum atomic E-state index is -0.454. The van der Waals surface area contributed by atoms with Gasteiger partial charge in [-0.15, -0.1) is 0 Å². The van der Waals surface area contributed by atoms with Crippen LogP contribution in [0.1, 0.15) is 5.56 Å². The molecule has 54 valence electrons. The first-order chi connectivity index (χ1) is 4.84. The second-order valence-electron chi connectivity index (χ2n) is 1.89. The van der Waals surface area contributed by atoms with Gasteiger partial charge < -0.3 is 4.74 Å². The molecule has 0 radical (unpaired) electrons. The number of hydrogen-bond donors (Lipinski definition) is 0. The molecular formula is C7H8FNO. The zero-order chi connectivity index (χ0) is 7.40. The van der Waals surface area contributed by atoms with Crippen LogP contribution in [-0.2, 0) is 11.3 Å². The van der Waals surface area contributed by atoms with Crippen molar-refractivity contribution in [1.82, 2.24) is 4.98 Å². The lowest BCUT2D eigenvalue weighted by molar-refractivity contribution is 0.180. The van der Waals surface area contributed by atoms with E-state index in [1.165, 1.54) is 13.3 Å². The van der Waals surface area contributed by atoms with Crippen molar-refractivity contribution in [2.75, 3.05) is 7.11 Å². The third-order valence-corrected chi connectivity index (χ3v) is 1.14. The molecule has 0 saturated heterocycles. The van der Waals surface area contributed by atoms with Crippen molar-refractivity contribution in [3.05, 3.63) is 29.8 Å². The predicted molar refractivity (Wildman–Crippen MR) is 34.9 cm³/mol. The van der Waals surface area contributed by atoms with Crippen LogP contribution >= 0.6 is 0 Å². The fourth-order valence-corrected chi connectivity index (χ4v) is 0.683. The molecule has 1 rings (SSSR count). The van der Waals surface area contributed by atoms with Crippen molar-refractivity contribution in [1.29, 1.82) is 0 Å². The van der Waals surface area contributed by atoms with Gasteiger partial charge in [0.2, 0.25) is 5.95 Å². The SMILES string of the molecule is COCc1cccnc1F. The minimum absolute atomic E-state index is 0.277. The van der Waals surface area contributed by atoms with E-state index in [1.807, 2.05) is 0 Å². The lowest BCUT2D eigenvalue weighted by Crippen LogP contribution is -1.93. The Morgan fingerprint density at radius 3 is 3.10 bits per heavy atom. The second kappa shape index (κ2) is 3.27. The number of aromatic nitrogens is 1. The molecule has 0 amide bonds. The molecule has 0 spiro atoms. The van der Waals surface area contributed by atoms with Crippen molar-refractivity contribution in [2.45, 2.75) is 6.61 Å². The van der Waals surface area contributed by atoms with Crippen LogP contribution in [0.25, 0.3) is 0 Å². The quantitative estimate of drug-likeness (QED) is 0.580. The van der Waals surface area contributed by atoms with E-state index in [1.54, 1.807) is 12.1 Å². The highest BCUT2D eigenvalue weighted by Crippen LogP contribution is 2.02. The molecular weight excluding hydrogens is 133 g/mol. The fourth-order valence-electron chi connectivity index (χ4n) is 0.683. The summed E-state index contributed by atoms with van der Waals surface area (Å²) in [6.07, 6.45) is 1.41. The van der Waals surface area contributed by atoms with Gasteiger partial charge in [0.15, 0.2) is 0 Å². The largest absolute Gasteiger partial charge is 0.380 e. The van der Waals surface area contributed by atoms with Crippen molar-refractivity contribution < 1.29 is 9.13 Å². The van der Waals surface area contributed by atoms with Crippen LogP contribution in [0.15, 0.2) is 18.3 Å². The Balaban J connectivity index is 2.81. The molecule has 0 aliphatic heterocycles. The zero-order valence-corrected chi connectivity index (χ0v) is 5.67. The number of nitrogens with zero attached hydrogens (tertiary/aromatic N) is 1. The van der Waals surface area contributed by atoms with Crippen LogP contribution in [-0.4, -0.2) is 12.1 Å². The van der Waals surface area contributed by atoms with E-state index >= 15 is 0 Å². The van der Waals surface area contributed by atoms with E-state index in [0.29, 0.717) is 5.56 Å². The van der Waals surface area contributed by atoms with E-state index in [9.17, 15) is 4.39 Å². The van der Waals surface area contributed by atoms with Gasteiger partial charge in [0.05, 0.1) is 6.61 Å². The Morgan fingerprint density at radius 2 is 2.50 bits per heavy atom. The van der Waals surface area contributed by atoms with Gasteiger partial charge in [0.25, 0.3) is 0 Å². The van der Waals surface area contributed by atoms with Crippen molar-refractivity contribution in [3.8, 4) is 0 Å². The Labute approximate surface area is 58.7 Å². The second-order valence-corrected chi connectivity index (χ2v) is 1.89. The molecule has 3 heteroatoms. The van der Waals surface area contributed by atoms with Crippen molar-refractivity contribution in [3.63, 3.8) is 0 Å². The van der Waals surface area contributed by atoms with Crippen LogP contribution < -0.4 is 0 Å². The highest BCUT2D eigenvalue weighted by atomic mass is 19.1. The smallest absolute Gasteiger partial charge is 0.218 e. The van der Waals surface area contributed by atoms with E-state index in [0.717, 1.165) is 0 Å². The van der Waals surface area contributed by atoms with Crippen LogP contribution in [0.2, 0.25) is 0 Å². The van der Waals surface area contributed by atoms with Gasteiger partial charge in [-0.1, -0.05) is 6.07 Å². The zero-order valence-electron chi connectivity index (χ0n) is 5.67. The molecule has 2 nitrogen and oxygen atoms in total. The lowest BCUT2D eigenvalue weighted by atomic mass is 10.3. The number of halogens is 1. The molecule has 0 aromatic carbocycles. The summed E-state index contributed by atoms with van der Waals surface area (Å²) in [5.74, 6) is -0.454. The molecule has 0 unspecified atom stereocenters. The van der Waals surface area contributed by atoms with E-state index in [2.05, 4.69) is 4.98 Å². The first-order valence-electron chi connectivity index (χ1n) is 2.93. The molecule has 1 heterocycles. The molecule has 0 atom stereocenters. The van der Waals surface area contributed by atoms with E-state index < -0.39 is 5.95 Å². The van der Waals surface area contributed by atoms with Gasteiger partial charge in [-0.25, -0.2) is 4.98 Å². The highest BCUT2D eigenvalue weighted by Gasteiger charge is 1.98. The normalized spacial score (nSPS) is 9.80. The number of hydrogen-bond acceptors (Lipinski definition) is 2. The summed E-state index contributed by atoms with van der Waals surface area (Å²) in [5, 5.41) is 0. The molecule has 0 saturated carbocycles.